The molecule has 0 saturated carbocycles. The van der Waals surface area contributed by atoms with Crippen molar-refractivity contribution >= 4 is 5.91 Å². The molecule has 4 nitrogen and oxygen atoms in total. The molecule has 0 aromatic heterocycles. The van der Waals surface area contributed by atoms with E-state index < -0.39 is 0 Å². The number of hydrogen-bond acceptors (Lipinski definition) is 3. The van der Waals surface area contributed by atoms with Crippen LogP contribution in [0, 0.1) is 5.82 Å². The van der Waals surface area contributed by atoms with Crippen LogP contribution < -0.4 is 10.1 Å². The molecule has 1 aliphatic heterocycles. The summed E-state index contributed by atoms with van der Waals surface area (Å²) < 4.78 is 18.5. The average molecular weight is 356 g/mol. The first-order valence-corrected chi connectivity index (χ1v) is 9.03. The van der Waals surface area contributed by atoms with Crippen molar-refractivity contribution < 1.29 is 13.9 Å². The minimum absolute atomic E-state index is 0.211. The second-order valence-electron chi connectivity index (χ2n) is 6.66. The number of likely N-dealkylation sites (tertiary alicyclic amines) is 1. The first-order valence-electron chi connectivity index (χ1n) is 9.03. The Morgan fingerprint density at radius 2 is 2.00 bits per heavy atom. The molecule has 2 aromatic carbocycles. The molecule has 0 bridgehead atoms. The van der Waals surface area contributed by atoms with Crippen molar-refractivity contribution in [3.8, 4) is 5.75 Å². The van der Waals surface area contributed by atoms with Gasteiger partial charge in [-0.25, -0.2) is 4.39 Å². The summed E-state index contributed by atoms with van der Waals surface area (Å²) in [4.78, 5) is 14.2. The third-order valence-electron chi connectivity index (χ3n) is 4.81. The van der Waals surface area contributed by atoms with Gasteiger partial charge in [-0.15, -0.1) is 0 Å². The number of halogens is 1. The molecule has 2 aromatic rings. The Labute approximate surface area is 154 Å². The number of nitrogens with zero attached hydrogens (tertiary/aromatic N) is 1. The van der Waals surface area contributed by atoms with Gasteiger partial charge in [-0.05, 0) is 54.8 Å². The van der Waals surface area contributed by atoms with Crippen molar-refractivity contribution in [2.75, 3.05) is 13.7 Å². The summed E-state index contributed by atoms with van der Waals surface area (Å²) in [5, 5.41) is 3.35. The van der Waals surface area contributed by atoms with Crippen molar-refractivity contribution in [1.29, 1.82) is 0 Å². The van der Waals surface area contributed by atoms with Gasteiger partial charge in [-0.1, -0.05) is 24.3 Å². The fraction of sp³-hybridized carbons (Fsp3) is 0.381. The molecule has 1 fully saturated rings. The Bertz CT molecular complexity index is 750. The third-order valence-corrected chi connectivity index (χ3v) is 4.81. The molecule has 1 saturated heterocycles. The van der Waals surface area contributed by atoms with Gasteiger partial charge in [0.05, 0.1) is 7.11 Å². The zero-order chi connectivity index (χ0) is 18.4. The molecule has 26 heavy (non-hydrogen) atoms. The van der Waals surface area contributed by atoms with Crippen molar-refractivity contribution in [3.63, 3.8) is 0 Å². The van der Waals surface area contributed by atoms with Crippen LogP contribution in [0.5, 0.6) is 5.75 Å². The first kappa shape index (κ1) is 18.4. The van der Waals surface area contributed by atoms with E-state index in [1.165, 1.54) is 6.07 Å². The zero-order valence-corrected chi connectivity index (χ0v) is 15.1. The van der Waals surface area contributed by atoms with Crippen molar-refractivity contribution in [2.45, 2.75) is 38.4 Å². The van der Waals surface area contributed by atoms with Crippen LogP contribution in [0.4, 0.5) is 4.39 Å². The molecule has 1 amide bonds. The molecule has 5 heteroatoms. The molecule has 1 atom stereocenters. The summed E-state index contributed by atoms with van der Waals surface area (Å²) in [6, 6.07) is 14.7. The van der Waals surface area contributed by atoms with E-state index in [2.05, 4.69) is 5.32 Å². The molecule has 1 heterocycles. The Balaban J connectivity index is 1.51. The Kier molecular flexibility index (Phi) is 6.23. The number of methoxy groups -OCH3 is 1. The topological polar surface area (TPSA) is 41.6 Å². The molecule has 0 radical (unpaired) electrons. The second-order valence-corrected chi connectivity index (χ2v) is 6.66. The van der Waals surface area contributed by atoms with Crippen molar-refractivity contribution in [2.24, 2.45) is 0 Å². The van der Waals surface area contributed by atoms with Gasteiger partial charge >= 0.3 is 0 Å². The van der Waals surface area contributed by atoms with Crippen molar-refractivity contribution in [3.05, 3.63) is 65.5 Å². The molecule has 3 rings (SSSR count). The maximum absolute atomic E-state index is 13.2. The van der Waals surface area contributed by atoms with Gasteiger partial charge in [0, 0.05) is 25.6 Å². The van der Waals surface area contributed by atoms with Gasteiger partial charge in [-0.2, -0.15) is 0 Å². The fourth-order valence-electron chi connectivity index (χ4n) is 3.43. The summed E-state index contributed by atoms with van der Waals surface area (Å²) in [7, 11) is 1.65. The van der Waals surface area contributed by atoms with Crippen molar-refractivity contribution in [1.82, 2.24) is 10.2 Å². The molecular weight excluding hydrogens is 331 g/mol. The van der Waals surface area contributed by atoms with E-state index in [0.29, 0.717) is 19.5 Å². The lowest BCUT2D eigenvalue weighted by Gasteiger charge is -2.25. The monoisotopic (exact) mass is 356 g/mol. The van der Waals surface area contributed by atoms with Gasteiger partial charge in [0.15, 0.2) is 0 Å². The molecular formula is C21H25FN2O2. The van der Waals surface area contributed by atoms with Crippen LogP contribution in [-0.2, 0) is 17.9 Å². The number of ether oxygens (including phenoxy) is 1. The highest BCUT2D eigenvalue weighted by molar-refractivity contribution is 5.78. The van der Waals surface area contributed by atoms with E-state index in [0.717, 1.165) is 36.3 Å². The highest BCUT2D eigenvalue weighted by atomic mass is 19.1. The number of amides is 1. The van der Waals surface area contributed by atoms with E-state index in [9.17, 15) is 9.18 Å². The quantitative estimate of drug-likeness (QED) is 0.736. The normalized spacial score (nSPS) is 16.9. The lowest BCUT2D eigenvalue weighted by Crippen LogP contribution is -2.34. The van der Waals surface area contributed by atoms with Crippen LogP contribution in [-0.4, -0.2) is 30.5 Å². The smallest absolute Gasteiger partial charge is 0.223 e. The summed E-state index contributed by atoms with van der Waals surface area (Å²) in [6.45, 7) is 2.04. The molecule has 0 aliphatic carbocycles. The number of nitrogens with one attached hydrogen (secondary N) is 1. The standard InChI is InChI=1S/C21H25FN2O2/c1-26-20-7-3-5-17(13-20)15-24-19(8-9-21(24)25)10-11-23-14-16-4-2-6-18(22)12-16/h2-7,12-13,19,23H,8-11,14-15H2,1H3. The highest BCUT2D eigenvalue weighted by Crippen LogP contribution is 2.24. The first-order chi connectivity index (χ1) is 12.7. The lowest BCUT2D eigenvalue weighted by molar-refractivity contribution is -0.129. The molecule has 0 spiro atoms. The Hall–Kier alpha value is -2.40. The average Bonchev–Trinajstić information content (AvgIpc) is 2.99. The van der Waals surface area contributed by atoms with Gasteiger partial charge < -0.3 is 15.0 Å². The summed E-state index contributed by atoms with van der Waals surface area (Å²) >= 11 is 0. The number of benzene rings is 2. The SMILES string of the molecule is COc1cccc(CN2C(=O)CCC2CCNCc2cccc(F)c2)c1. The summed E-state index contributed by atoms with van der Waals surface area (Å²) in [5.74, 6) is 0.806. The van der Waals surface area contributed by atoms with Gasteiger partial charge in [-0.3, -0.25) is 4.79 Å². The minimum atomic E-state index is -0.213. The van der Waals surface area contributed by atoms with E-state index in [1.54, 1.807) is 19.2 Å². The van der Waals surface area contributed by atoms with Gasteiger partial charge in [0.1, 0.15) is 11.6 Å². The molecule has 1 aliphatic rings. The van der Waals surface area contributed by atoms with Gasteiger partial charge in [0.2, 0.25) is 5.91 Å². The van der Waals surface area contributed by atoms with Crippen LogP contribution in [0.15, 0.2) is 48.5 Å². The van der Waals surface area contributed by atoms with Crippen LogP contribution in [0.3, 0.4) is 0 Å². The summed E-state index contributed by atoms with van der Waals surface area (Å²) in [6.07, 6.45) is 2.40. The van der Waals surface area contributed by atoms with Gasteiger partial charge in [0.25, 0.3) is 0 Å². The predicted octanol–water partition coefficient (Wildman–Crippen LogP) is 3.51. The zero-order valence-electron chi connectivity index (χ0n) is 15.1. The van der Waals surface area contributed by atoms with Crippen LogP contribution in [0.2, 0.25) is 0 Å². The highest BCUT2D eigenvalue weighted by Gasteiger charge is 2.30. The molecule has 138 valence electrons. The maximum atomic E-state index is 13.2. The number of hydrogen-bond donors (Lipinski definition) is 1. The lowest BCUT2D eigenvalue weighted by atomic mass is 10.1. The van der Waals surface area contributed by atoms with E-state index in [1.807, 2.05) is 35.2 Å². The van der Waals surface area contributed by atoms with Crippen LogP contribution in [0.1, 0.15) is 30.4 Å². The second kappa shape index (κ2) is 8.81. The minimum Gasteiger partial charge on any atom is -0.497 e. The van der Waals surface area contributed by atoms with E-state index >= 15 is 0 Å². The predicted molar refractivity (Wildman–Crippen MR) is 99.3 cm³/mol. The van der Waals surface area contributed by atoms with Crippen LogP contribution >= 0.6 is 0 Å². The number of carbonyl (C=O) groups is 1. The largest absolute Gasteiger partial charge is 0.497 e. The van der Waals surface area contributed by atoms with E-state index in [-0.39, 0.29) is 17.8 Å². The number of rotatable bonds is 8. The molecule has 1 unspecified atom stereocenters. The molecule has 1 N–H and O–H groups in total. The van der Waals surface area contributed by atoms with E-state index in [4.69, 9.17) is 4.74 Å². The Morgan fingerprint density at radius 3 is 2.81 bits per heavy atom. The fourth-order valence-corrected chi connectivity index (χ4v) is 3.43. The summed E-state index contributed by atoms with van der Waals surface area (Å²) in [5.41, 5.74) is 2.01. The maximum Gasteiger partial charge on any atom is 0.223 e. The Morgan fingerprint density at radius 1 is 1.19 bits per heavy atom. The van der Waals surface area contributed by atoms with Crippen LogP contribution in [0.25, 0.3) is 0 Å². The number of carbonyl (C=O) groups excluding carboxylic acids is 1. The third kappa shape index (κ3) is 4.82.